The number of carbonyl (C=O) groups excluding carboxylic acids is 2. The van der Waals surface area contributed by atoms with Crippen molar-refractivity contribution >= 4 is 17.6 Å². The van der Waals surface area contributed by atoms with Crippen molar-refractivity contribution < 1.29 is 28.5 Å². The Labute approximate surface area is 182 Å². The number of amides is 2. The second kappa shape index (κ2) is 8.42. The van der Waals surface area contributed by atoms with Crippen LogP contribution in [0.15, 0.2) is 18.2 Å². The normalized spacial score (nSPS) is 21.9. The molecule has 0 aromatic heterocycles. The Kier molecular flexibility index (Phi) is 5.83. The fourth-order valence-electron chi connectivity index (χ4n) is 4.47. The molecule has 1 fully saturated rings. The van der Waals surface area contributed by atoms with E-state index in [4.69, 9.17) is 18.9 Å². The number of hydrogen-bond acceptors (Lipinski definition) is 6. The second-order valence-corrected chi connectivity index (χ2v) is 8.67. The molecule has 0 N–H and O–H groups in total. The van der Waals surface area contributed by atoms with Gasteiger partial charge in [0.1, 0.15) is 11.5 Å². The van der Waals surface area contributed by atoms with Gasteiger partial charge in [0.25, 0.3) is 0 Å². The van der Waals surface area contributed by atoms with Crippen molar-refractivity contribution in [3.8, 4) is 11.5 Å². The molecule has 0 spiro atoms. The topological polar surface area (TPSA) is 77.5 Å². The van der Waals surface area contributed by atoms with Crippen LogP contribution in [0.2, 0.25) is 0 Å². The molecule has 3 aliphatic heterocycles. The van der Waals surface area contributed by atoms with Gasteiger partial charge in [-0.25, -0.2) is 9.59 Å². The van der Waals surface area contributed by atoms with Crippen molar-refractivity contribution in [3.63, 3.8) is 0 Å². The molecule has 2 amide bonds. The molecule has 1 aromatic rings. The molecule has 1 unspecified atom stereocenters. The van der Waals surface area contributed by atoms with Crippen LogP contribution in [0.3, 0.4) is 0 Å². The Hall–Kier alpha value is -2.74. The van der Waals surface area contributed by atoms with Gasteiger partial charge in [-0.05, 0) is 24.6 Å². The SMILES string of the molecule is CCOC(=O)C1c2c(OC)ccc3c2C(=CC(C)(C)CO3)CN1C(=O)N1CCOCC1. The molecule has 1 saturated heterocycles. The van der Waals surface area contributed by atoms with E-state index < -0.39 is 12.0 Å². The Bertz CT molecular complexity index is 904. The van der Waals surface area contributed by atoms with Crippen LogP contribution in [0.1, 0.15) is 37.9 Å². The van der Waals surface area contributed by atoms with Crippen LogP contribution in [0.4, 0.5) is 4.79 Å². The maximum absolute atomic E-state index is 13.6. The highest BCUT2D eigenvalue weighted by molar-refractivity contribution is 5.93. The molecule has 0 bridgehead atoms. The van der Waals surface area contributed by atoms with Gasteiger partial charge in [-0.3, -0.25) is 0 Å². The first-order chi connectivity index (χ1) is 14.9. The molecule has 8 nitrogen and oxygen atoms in total. The number of carbonyl (C=O) groups is 2. The third-order valence-corrected chi connectivity index (χ3v) is 5.84. The largest absolute Gasteiger partial charge is 0.496 e. The highest BCUT2D eigenvalue weighted by atomic mass is 16.5. The molecule has 4 rings (SSSR count). The fraction of sp³-hybridized carbons (Fsp3) is 0.565. The zero-order chi connectivity index (χ0) is 22.2. The van der Waals surface area contributed by atoms with Crippen molar-refractivity contribution in [2.45, 2.75) is 26.8 Å². The lowest BCUT2D eigenvalue weighted by Gasteiger charge is -2.41. The minimum atomic E-state index is -0.915. The van der Waals surface area contributed by atoms with Crippen molar-refractivity contribution in [1.82, 2.24) is 9.80 Å². The first kappa shape index (κ1) is 21.5. The second-order valence-electron chi connectivity index (χ2n) is 8.67. The van der Waals surface area contributed by atoms with E-state index in [0.29, 0.717) is 56.5 Å². The summed E-state index contributed by atoms with van der Waals surface area (Å²) < 4.78 is 22.6. The summed E-state index contributed by atoms with van der Waals surface area (Å²) in [6.45, 7) is 8.89. The van der Waals surface area contributed by atoms with Crippen molar-refractivity contribution in [3.05, 3.63) is 29.3 Å². The predicted molar refractivity (Wildman–Crippen MR) is 114 cm³/mol. The van der Waals surface area contributed by atoms with Gasteiger partial charge >= 0.3 is 12.0 Å². The molecule has 1 aromatic carbocycles. The lowest BCUT2D eigenvalue weighted by molar-refractivity contribution is -0.149. The summed E-state index contributed by atoms with van der Waals surface area (Å²) in [5.41, 5.74) is 2.17. The average molecular weight is 431 g/mol. The number of morpholine rings is 1. The highest BCUT2D eigenvalue weighted by Crippen LogP contribution is 2.48. The predicted octanol–water partition coefficient (Wildman–Crippen LogP) is 2.87. The Morgan fingerprint density at radius 2 is 1.97 bits per heavy atom. The van der Waals surface area contributed by atoms with E-state index in [-0.39, 0.29) is 18.1 Å². The van der Waals surface area contributed by atoms with Gasteiger partial charge < -0.3 is 28.7 Å². The lowest BCUT2D eigenvalue weighted by atomic mass is 9.84. The maximum atomic E-state index is 13.6. The van der Waals surface area contributed by atoms with Crippen LogP contribution in [-0.4, -0.2) is 75.0 Å². The Morgan fingerprint density at radius 1 is 1.23 bits per heavy atom. The number of urea groups is 1. The van der Waals surface area contributed by atoms with E-state index >= 15 is 0 Å². The number of esters is 1. The smallest absolute Gasteiger partial charge is 0.333 e. The summed E-state index contributed by atoms with van der Waals surface area (Å²) >= 11 is 0. The third-order valence-electron chi connectivity index (χ3n) is 5.84. The van der Waals surface area contributed by atoms with Gasteiger partial charge in [-0.2, -0.15) is 0 Å². The van der Waals surface area contributed by atoms with Gasteiger partial charge in [0.05, 0.1) is 33.5 Å². The fourth-order valence-corrected chi connectivity index (χ4v) is 4.47. The molecular weight excluding hydrogens is 400 g/mol. The zero-order valence-corrected chi connectivity index (χ0v) is 18.6. The molecule has 31 heavy (non-hydrogen) atoms. The zero-order valence-electron chi connectivity index (χ0n) is 18.6. The monoisotopic (exact) mass is 430 g/mol. The molecule has 0 radical (unpaired) electrons. The Balaban J connectivity index is 1.89. The molecule has 3 heterocycles. The van der Waals surface area contributed by atoms with Crippen LogP contribution in [-0.2, 0) is 14.3 Å². The first-order valence-electron chi connectivity index (χ1n) is 10.7. The van der Waals surface area contributed by atoms with E-state index in [1.54, 1.807) is 29.9 Å². The minimum absolute atomic E-state index is 0.205. The van der Waals surface area contributed by atoms with Gasteiger partial charge in [0.2, 0.25) is 0 Å². The summed E-state index contributed by atoms with van der Waals surface area (Å²) in [6.07, 6.45) is 2.14. The average Bonchev–Trinajstić information content (AvgIpc) is 2.90. The summed E-state index contributed by atoms with van der Waals surface area (Å²) in [5.74, 6) is 0.754. The van der Waals surface area contributed by atoms with Crippen LogP contribution in [0.25, 0.3) is 5.57 Å². The van der Waals surface area contributed by atoms with E-state index in [1.807, 2.05) is 6.07 Å². The number of rotatable bonds is 3. The van der Waals surface area contributed by atoms with E-state index in [0.717, 1.165) is 11.1 Å². The standard InChI is InChI=1S/C23H30N2O6/c1-5-30-21(26)20-19-16(28-4)6-7-17-18(19)15(12-23(2,3)14-31-17)13-25(20)22(27)24-8-10-29-11-9-24/h6-7,12,20H,5,8-11,13-14H2,1-4H3. The number of benzene rings is 1. The van der Waals surface area contributed by atoms with E-state index in [1.165, 1.54) is 0 Å². The third kappa shape index (κ3) is 3.96. The van der Waals surface area contributed by atoms with E-state index in [2.05, 4.69) is 19.9 Å². The van der Waals surface area contributed by atoms with Gasteiger partial charge in [0, 0.05) is 36.2 Å². The molecule has 0 aliphatic carbocycles. The van der Waals surface area contributed by atoms with Crippen molar-refractivity contribution in [2.24, 2.45) is 5.41 Å². The quantitative estimate of drug-likeness (QED) is 0.687. The van der Waals surface area contributed by atoms with Crippen LogP contribution in [0, 0.1) is 5.41 Å². The summed E-state index contributed by atoms with van der Waals surface area (Å²) in [6, 6.07) is 2.54. The van der Waals surface area contributed by atoms with Crippen molar-refractivity contribution in [2.75, 3.05) is 53.2 Å². The maximum Gasteiger partial charge on any atom is 0.333 e. The number of methoxy groups -OCH3 is 1. The summed E-state index contributed by atoms with van der Waals surface area (Å²) in [7, 11) is 1.56. The number of hydrogen-bond donors (Lipinski definition) is 0. The Morgan fingerprint density at radius 3 is 2.65 bits per heavy atom. The van der Waals surface area contributed by atoms with Crippen LogP contribution in [0.5, 0.6) is 11.5 Å². The highest BCUT2D eigenvalue weighted by Gasteiger charge is 2.45. The van der Waals surface area contributed by atoms with Gasteiger partial charge in [-0.1, -0.05) is 19.9 Å². The minimum Gasteiger partial charge on any atom is -0.496 e. The molecule has 168 valence electrons. The summed E-state index contributed by atoms with van der Waals surface area (Å²) in [5, 5.41) is 0. The molecule has 1 atom stereocenters. The number of nitrogens with zero attached hydrogens (tertiary/aromatic N) is 2. The van der Waals surface area contributed by atoms with E-state index in [9.17, 15) is 9.59 Å². The molecule has 8 heteroatoms. The lowest BCUT2D eigenvalue weighted by Crippen LogP contribution is -2.52. The van der Waals surface area contributed by atoms with Gasteiger partial charge in [0.15, 0.2) is 6.04 Å². The number of ether oxygens (including phenoxy) is 4. The van der Waals surface area contributed by atoms with Gasteiger partial charge in [-0.15, -0.1) is 0 Å². The van der Waals surface area contributed by atoms with Crippen LogP contribution >= 0.6 is 0 Å². The first-order valence-corrected chi connectivity index (χ1v) is 10.7. The molecular formula is C23H30N2O6. The van der Waals surface area contributed by atoms with Crippen molar-refractivity contribution in [1.29, 1.82) is 0 Å². The molecule has 0 saturated carbocycles. The summed E-state index contributed by atoms with van der Waals surface area (Å²) in [4.78, 5) is 30.1. The van der Waals surface area contributed by atoms with Crippen LogP contribution < -0.4 is 9.47 Å². The molecule has 3 aliphatic rings.